The topological polar surface area (TPSA) is 0 Å². The molecule has 0 saturated carbocycles. The molecule has 0 aromatic rings. The lowest BCUT2D eigenvalue weighted by atomic mass is 10.1. The first-order chi connectivity index (χ1) is 8.31. The normalized spacial score (nSPS) is 12.9. The molecule has 0 spiro atoms. The first kappa shape index (κ1) is 17.4. The fraction of sp³-hybridized carbons (Fsp3) is 1.00. The predicted molar refractivity (Wildman–Crippen MR) is 84.1 cm³/mol. The van der Waals surface area contributed by atoms with Crippen molar-refractivity contribution in [1.29, 1.82) is 0 Å². The summed E-state index contributed by atoms with van der Waals surface area (Å²) in [6.45, 7) is 6.93. The maximum atomic E-state index is 2.38. The summed E-state index contributed by atoms with van der Waals surface area (Å²) in [5.74, 6) is 1.28. The van der Waals surface area contributed by atoms with E-state index in [2.05, 4.69) is 32.5 Å². The molecule has 0 aliphatic heterocycles. The van der Waals surface area contributed by atoms with Crippen LogP contribution < -0.4 is 0 Å². The van der Waals surface area contributed by atoms with Crippen molar-refractivity contribution >= 4 is 11.8 Å². The zero-order chi connectivity index (χ0) is 12.8. The zero-order valence-corrected chi connectivity index (χ0v) is 13.3. The van der Waals surface area contributed by atoms with Gasteiger partial charge in [-0.2, -0.15) is 11.8 Å². The molecule has 17 heavy (non-hydrogen) atoms. The van der Waals surface area contributed by atoms with Gasteiger partial charge >= 0.3 is 0 Å². The molecule has 0 aliphatic carbocycles. The highest BCUT2D eigenvalue weighted by molar-refractivity contribution is 7.99. The molecule has 0 nitrogen and oxygen atoms in total. The molecule has 0 N–H and O–H groups in total. The van der Waals surface area contributed by atoms with Crippen LogP contribution in [0.3, 0.4) is 0 Å². The van der Waals surface area contributed by atoms with Gasteiger partial charge in [-0.3, -0.25) is 0 Å². The Balaban J connectivity index is 2.98. The summed E-state index contributed by atoms with van der Waals surface area (Å²) in [4.78, 5) is 0. The number of hydrogen-bond donors (Lipinski definition) is 0. The molecule has 1 unspecified atom stereocenters. The monoisotopic (exact) mass is 258 g/mol. The third-order valence-corrected chi connectivity index (χ3v) is 4.55. The molecule has 0 aliphatic rings. The minimum absolute atomic E-state index is 0.883. The fourth-order valence-electron chi connectivity index (χ4n) is 2.29. The standard InChI is InChI=1S/C16H34S/c1-4-6-7-8-9-10-11-12-13-14-15-16(3)17-5-2/h16H,4-15H2,1-3H3. The Kier molecular flexibility index (Phi) is 14.7. The van der Waals surface area contributed by atoms with Gasteiger partial charge in [0, 0.05) is 5.25 Å². The van der Waals surface area contributed by atoms with Gasteiger partial charge in [0.15, 0.2) is 0 Å². The van der Waals surface area contributed by atoms with Crippen molar-refractivity contribution in [3.63, 3.8) is 0 Å². The molecule has 0 radical (unpaired) electrons. The lowest BCUT2D eigenvalue weighted by molar-refractivity contribution is 0.549. The molecule has 0 saturated heterocycles. The van der Waals surface area contributed by atoms with Crippen LogP contribution in [0.1, 0.15) is 91.4 Å². The Morgan fingerprint density at radius 1 is 0.706 bits per heavy atom. The third kappa shape index (κ3) is 14.3. The van der Waals surface area contributed by atoms with Crippen molar-refractivity contribution in [3.8, 4) is 0 Å². The number of thioether (sulfide) groups is 1. The van der Waals surface area contributed by atoms with Gasteiger partial charge in [0.25, 0.3) is 0 Å². The quantitative estimate of drug-likeness (QED) is 0.343. The van der Waals surface area contributed by atoms with E-state index in [1.807, 2.05) is 0 Å². The van der Waals surface area contributed by atoms with Crippen molar-refractivity contribution in [3.05, 3.63) is 0 Å². The highest BCUT2D eigenvalue weighted by Gasteiger charge is 2.00. The van der Waals surface area contributed by atoms with Crippen molar-refractivity contribution in [2.75, 3.05) is 5.75 Å². The molecule has 0 heterocycles. The van der Waals surface area contributed by atoms with Gasteiger partial charge in [-0.05, 0) is 12.2 Å². The van der Waals surface area contributed by atoms with Gasteiger partial charge in [-0.15, -0.1) is 0 Å². The molecular weight excluding hydrogens is 224 g/mol. The van der Waals surface area contributed by atoms with Crippen LogP contribution in [0.4, 0.5) is 0 Å². The van der Waals surface area contributed by atoms with E-state index in [9.17, 15) is 0 Å². The van der Waals surface area contributed by atoms with Crippen LogP contribution in [0.2, 0.25) is 0 Å². The second kappa shape index (κ2) is 14.4. The van der Waals surface area contributed by atoms with E-state index in [0.717, 1.165) is 5.25 Å². The van der Waals surface area contributed by atoms with E-state index in [0.29, 0.717) is 0 Å². The Morgan fingerprint density at radius 2 is 1.18 bits per heavy atom. The van der Waals surface area contributed by atoms with E-state index in [-0.39, 0.29) is 0 Å². The summed E-state index contributed by atoms with van der Waals surface area (Å²) >= 11 is 2.11. The van der Waals surface area contributed by atoms with Crippen molar-refractivity contribution in [1.82, 2.24) is 0 Å². The lowest BCUT2D eigenvalue weighted by Crippen LogP contribution is -1.96. The summed E-state index contributed by atoms with van der Waals surface area (Å²) < 4.78 is 0. The Labute approximate surface area is 114 Å². The van der Waals surface area contributed by atoms with Crippen LogP contribution in [0.5, 0.6) is 0 Å². The third-order valence-electron chi connectivity index (χ3n) is 3.42. The number of rotatable bonds is 13. The predicted octanol–water partition coefficient (Wildman–Crippen LogP) is 6.44. The van der Waals surface area contributed by atoms with Crippen molar-refractivity contribution in [2.24, 2.45) is 0 Å². The first-order valence-electron chi connectivity index (χ1n) is 7.92. The van der Waals surface area contributed by atoms with Crippen LogP contribution in [-0.4, -0.2) is 11.0 Å². The molecule has 0 aromatic carbocycles. The molecule has 0 bridgehead atoms. The summed E-state index contributed by atoms with van der Waals surface area (Å²) in [6.07, 6.45) is 16.0. The van der Waals surface area contributed by atoms with Gasteiger partial charge in [-0.1, -0.05) is 85.0 Å². The molecule has 104 valence electrons. The largest absolute Gasteiger partial charge is 0.159 e. The van der Waals surface area contributed by atoms with E-state index in [4.69, 9.17) is 0 Å². The van der Waals surface area contributed by atoms with Gasteiger partial charge in [0.2, 0.25) is 0 Å². The van der Waals surface area contributed by atoms with Crippen LogP contribution in [-0.2, 0) is 0 Å². The van der Waals surface area contributed by atoms with E-state index in [1.165, 1.54) is 76.4 Å². The van der Waals surface area contributed by atoms with E-state index < -0.39 is 0 Å². The molecule has 1 atom stereocenters. The minimum Gasteiger partial charge on any atom is -0.159 e. The number of hydrogen-bond acceptors (Lipinski definition) is 1. The van der Waals surface area contributed by atoms with Crippen LogP contribution >= 0.6 is 11.8 Å². The minimum atomic E-state index is 0.883. The van der Waals surface area contributed by atoms with E-state index in [1.54, 1.807) is 0 Å². The maximum absolute atomic E-state index is 2.38. The van der Waals surface area contributed by atoms with Crippen molar-refractivity contribution < 1.29 is 0 Å². The average molecular weight is 259 g/mol. The second-order valence-corrected chi connectivity index (χ2v) is 6.95. The van der Waals surface area contributed by atoms with Crippen LogP contribution in [0.15, 0.2) is 0 Å². The van der Waals surface area contributed by atoms with Crippen LogP contribution in [0.25, 0.3) is 0 Å². The summed E-state index contributed by atoms with van der Waals surface area (Å²) in [5, 5.41) is 0.883. The molecular formula is C16H34S. The SMILES string of the molecule is CCCCCCCCCCCCC(C)SCC. The average Bonchev–Trinajstić information content (AvgIpc) is 2.32. The maximum Gasteiger partial charge on any atom is 0.00186 e. The highest BCUT2D eigenvalue weighted by atomic mass is 32.2. The summed E-state index contributed by atoms with van der Waals surface area (Å²) in [7, 11) is 0. The van der Waals surface area contributed by atoms with Gasteiger partial charge < -0.3 is 0 Å². The number of unbranched alkanes of at least 4 members (excludes halogenated alkanes) is 9. The first-order valence-corrected chi connectivity index (χ1v) is 8.97. The van der Waals surface area contributed by atoms with Gasteiger partial charge in [-0.25, -0.2) is 0 Å². The van der Waals surface area contributed by atoms with Gasteiger partial charge in [0.1, 0.15) is 0 Å². The van der Waals surface area contributed by atoms with Crippen molar-refractivity contribution in [2.45, 2.75) is 96.7 Å². The lowest BCUT2D eigenvalue weighted by Gasteiger charge is -2.08. The van der Waals surface area contributed by atoms with Gasteiger partial charge in [0.05, 0.1) is 0 Å². The molecule has 0 aromatic heterocycles. The summed E-state index contributed by atoms with van der Waals surface area (Å²) in [6, 6.07) is 0. The molecule has 1 heteroatoms. The Bertz CT molecular complexity index is 133. The Morgan fingerprint density at radius 3 is 1.65 bits per heavy atom. The smallest absolute Gasteiger partial charge is 0.00186 e. The summed E-state index contributed by atoms with van der Waals surface area (Å²) in [5.41, 5.74) is 0. The van der Waals surface area contributed by atoms with E-state index >= 15 is 0 Å². The Hall–Kier alpha value is 0.350. The zero-order valence-electron chi connectivity index (χ0n) is 12.5. The fourth-order valence-corrected chi connectivity index (χ4v) is 3.19. The molecule has 0 amide bonds. The highest BCUT2D eigenvalue weighted by Crippen LogP contribution is 2.17. The second-order valence-electron chi connectivity index (χ2n) is 5.24. The van der Waals surface area contributed by atoms with Crippen LogP contribution in [0, 0.1) is 0 Å². The molecule has 0 rings (SSSR count). The molecule has 0 fully saturated rings.